The van der Waals surface area contributed by atoms with Crippen LogP contribution in [0.4, 0.5) is 13.2 Å². The molecule has 0 bridgehead atoms. The first-order valence-electron chi connectivity index (χ1n) is 3.94. The summed E-state index contributed by atoms with van der Waals surface area (Å²) in [5.41, 5.74) is -0.669. The average Bonchev–Trinajstić information content (AvgIpc) is 2.07. The van der Waals surface area contributed by atoms with Gasteiger partial charge in [-0.2, -0.15) is 13.2 Å². The zero-order chi connectivity index (χ0) is 10.8. The van der Waals surface area contributed by atoms with Crippen LogP contribution >= 0.6 is 0 Å². The molecule has 0 saturated heterocycles. The van der Waals surface area contributed by atoms with Gasteiger partial charge in [-0.25, -0.2) is 0 Å². The van der Waals surface area contributed by atoms with Crippen LogP contribution in [0.15, 0.2) is 30.9 Å². The van der Waals surface area contributed by atoms with Crippen molar-refractivity contribution in [1.29, 1.82) is 0 Å². The van der Waals surface area contributed by atoms with Gasteiger partial charge in [0.15, 0.2) is 0 Å². The van der Waals surface area contributed by atoms with E-state index in [1.54, 1.807) is 0 Å². The first kappa shape index (κ1) is 10.6. The van der Waals surface area contributed by atoms with Crippen LogP contribution < -0.4 is 10.4 Å². The van der Waals surface area contributed by atoms with Crippen molar-refractivity contribution in [2.24, 2.45) is 0 Å². The Morgan fingerprint density at radius 2 is 1.86 bits per heavy atom. The van der Waals surface area contributed by atoms with E-state index >= 15 is 0 Å². The summed E-state index contributed by atoms with van der Waals surface area (Å²) >= 11 is 0. The molecule has 3 heteroatoms. The molecule has 0 aliphatic carbocycles. The predicted octanol–water partition coefficient (Wildman–Crippen LogP) is 2.08. The second kappa shape index (κ2) is 3.70. The standard InChI is InChI=1S/C11H9F3/c1-3-4-9-7-10(11(12,13)14)6-5-8(9)2/h3-7H,1-2H2/b9-4-. The van der Waals surface area contributed by atoms with Crippen LogP contribution in [-0.4, -0.2) is 0 Å². The molecule has 1 aromatic rings. The largest absolute Gasteiger partial charge is 0.416 e. The number of hydrogen-bond donors (Lipinski definition) is 0. The number of halogens is 3. The van der Waals surface area contributed by atoms with E-state index in [9.17, 15) is 13.2 Å². The Labute approximate surface area is 79.7 Å². The number of allylic oxidation sites excluding steroid dienone is 1. The van der Waals surface area contributed by atoms with Crippen molar-refractivity contribution >= 4 is 12.7 Å². The molecule has 0 aliphatic rings. The summed E-state index contributed by atoms with van der Waals surface area (Å²) in [4.78, 5) is 0. The van der Waals surface area contributed by atoms with E-state index in [1.807, 2.05) is 0 Å². The van der Waals surface area contributed by atoms with Gasteiger partial charge in [0, 0.05) is 0 Å². The van der Waals surface area contributed by atoms with Crippen LogP contribution in [0, 0.1) is 0 Å². The van der Waals surface area contributed by atoms with Crippen molar-refractivity contribution in [3.8, 4) is 0 Å². The fourth-order valence-electron chi connectivity index (χ4n) is 1.05. The van der Waals surface area contributed by atoms with Gasteiger partial charge in [-0.3, -0.25) is 0 Å². The third-order valence-electron chi connectivity index (χ3n) is 1.77. The fraction of sp³-hybridized carbons (Fsp3) is 0.0909. The third-order valence-corrected chi connectivity index (χ3v) is 1.77. The van der Waals surface area contributed by atoms with E-state index in [4.69, 9.17) is 0 Å². The lowest BCUT2D eigenvalue weighted by Gasteiger charge is -2.05. The monoisotopic (exact) mass is 198 g/mol. The number of alkyl halides is 3. The molecule has 0 atom stereocenters. The van der Waals surface area contributed by atoms with Crippen molar-refractivity contribution in [2.45, 2.75) is 6.18 Å². The zero-order valence-electron chi connectivity index (χ0n) is 7.43. The number of hydrogen-bond acceptors (Lipinski definition) is 0. The molecule has 0 radical (unpaired) electrons. The van der Waals surface area contributed by atoms with Crippen molar-refractivity contribution in [3.63, 3.8) is 0 Å². The summed E-state index contributed by atoms with van der Waals surface area (Å²) in [6, 6.07) is 3.42. The summed E-state index contributed by atoms with van der Waals surface area (Å²) in [7, 11) is 0. The van der Waals surface area contributed by atoms with E-state index in [1.165, 1.54) is 18.2 Å². The molecule has 0 amide bonds. The summed E-state index contributed by atoms with van der Waals surface area (Å²) in [6.07, 6.45) is -1.38. The van der Waals surface area contributed by atoms with Gasteiger partial charge < -0.3 is 0 Å². The minimum absolute atomic E-state index is 0.440. The molecule has 0 N–H and O–H groups in total. The second-order valence-electron chi connectivity index (χ2n) is 2.81. The Balaban J connectivity index is 3.42. The van der Waals surface area contributed by atoms with Crippen molar-refractivity contribution in [1.82, 2.24) is 0 Å². The topological polar surface area (TPSA) is 0 Å². The average molecular weight is 198 g/mol. The predicted molar refractivity (Wildman–Crippen MR) is 50.9 cm³/mol. The maximum atomic E-state index is 12.3. The van der Waals surface area contributed by atoms with E-state index < -0.39 is 11.7 Å². The highest BCUT2D eigenvalue weighted by molar-refractivity contribution is 5.38. The smallest absolute Gasteiger partial charge is 0.166 e. The minimum Gasteiger partial charge on any atom is -0.166 e. The molecular formula is C11H9F3. The molecule has 1 rings (SSSR count). The highest BCUT2D eigenvalue weighted by Crippen LogP contribution is 2.27. The molecule has 0 aliphatic heterocycles. The van der Waals surface area contributed by atoms with Crippen molar-refractivity contribution < 1.29 is 13.2 Å². The lowest BCUT2D eigenvalue weighted by molar-refractivity contribution is -0.137. The van der Waals surface area contributed by atoms with Gasteiger partial charge >= 0.3 is 6.18 Å². The number of rotatable bonds is 1. The van der Waals surface area contributed by atoms with Gasteiger partial charge in [0.25, 0.3) is 0 Å². The Bertz CT molecular complexity index is 441. The molecule has 0 fully saturated rings. The molecule has 0 nitrogen and oxygen atoms in total. The molecule has 14 heavy (non-hydrogen) atoms. The van der Waals surface area contributed by atoms with Gasteiger partial charge in [0.05, 0.1) is 5.56 Å². The Morgan fingerprint density at radius 1 is 1.21 bits per heavy atom. The highest BCUT2D eigenvalue weighted by Gasteiger charge is 2.29. The van der Waals surface area contributed by atoms with Gasteiger partial charge in [0.2, 0.25) is 0 Å². The van der Waals surface area contributed by atoms with Crippen LogP contribution in [0.3, 0.4) is 0 Å². The molecular weight excluding hydrogens is 189 g/mol. The van der Waals surface area contributed by atoms with E-state index in [0.29, 0.717) is 10.4 Å². The number of benzene rings is 1. The fourth-order valence-corrected chi connectivity index (χ4v) is 1.05. The molecule has 0 spiro atoms. The quantitative estimate of drug-likeness (QED) is 0.648. The molecule has 0 aromatic heterocycles. The summed E-state index contributed by atoms with van der Waals surface area (Å²) in [5.74, 6) is 0. The maximum Gasteiger partial charge on any atom is 0.416 e. The minimum atomic E-state index is -4.31. The summed E-state index contributed by atoms with van der Waals surface area (Å²) in [5, 5.41) is 0.993. The van der Waals surface area contributed by atoms with Crippen LogP contribution in [0.1, 0.15) is 5.56 Å². The van der Waals surface area contributed by atoms with Crippen molar-refractivity contribution in [2.75, 3.05) is 0 Å². The Hall–Kier alpha value is -1.51. The van der Waals surface area contributed by atoms with Gasteiger partial charge in [-0.05, 0) is 22.6 Å². The molecule has 0 heterocycles. The Kier molecular flexibility index (Phi) is 2.79. The first-order valence-corrected chi connectivity index (χ1v) is 3.94. The summed E-state index contributed by atoms with van der Waals surface area (Å²) in [6.45, 7) is 7.04. The summed E-state index contributed by atoms with van der Waals surface area (Å²) < 4.78 is 36.8. The van der Waals surface area contributed by atoms with E-state index in [0.717, 1.165) is 12.1 Å². The van der Waals surface area contributed by atoms with Crippen LogP contribution in [0.5, 0.6) is 0 Å². The van der Waals surface area contributed by atoms with Gasteiger partial charge in [-0.15, -0.1) is 0 Å². The zero-order valence-corrected chi connectivity index (χ0v) is 7.43. The lowest BCUT2D eigenvalue weighted by atomic mass is 10.1. The van der Waals surface area contributed by atoms with Crippen LogP contribution in [0.2, 0.25) is 0 Å². The normalized spacial score (nSPS) is 12.9. The van der Waals surface area contributed by atoms with E-state index in [2.05, 4.69) is 13.2 Å². The third kappa shape index (κ3) is 2.25. The van der Waals surface area contributed by atoms with E-state index in [-0.39, 0.29) is 0 Å². The Morgan fingerprint density at radius 3 is 2.36 bits per heavy atom. The van der Waals surface area contributed by atoms with Crippen molar-refractivity contribution in [3.05, 3.63) is 46.9 Å². The van der Waals surface area contributed by atoms with Crippen LogP contribution in [0.25, 0.3) is 12.7 Å². The highest BCUT2D eigenvalue weighted by atomic mass is 19.4. The second-order valence-corrected chi connectivity index (χ2v) is 2.81. The maximum absolute atomic E-state index is 12.3. The SMILES string of the molecule is C=C/C=c1/cc(C(F)(F)F)ccc1=C. The first-order chi connectivity index (χ1) is 6.45. The molecule has 0 saturated carbocycles. The molecule has 1 aromatic carbocycles. The van der Waals surface area contributed by atoms with Gasteiger partial charge in [-0.1, -0.05) is 31.4 Å². The molecule has 0 unspecified atom stereocenters. The van der Waals surface area contributed by atoms with Crippen LogP contribution in [-0.2, 0) is 6.18 Å². The molecule has 74 valence electrons. The van der Waals surface area contributed by atoms with Gasteiger partial charge in [0.1, 0.15) is 0 Å². The lowest BCUT2D eigenvalue weighted by Crippen LogP contribution is -2.24.